The molecule has 2 atom stereocenters. The number of nitrogens with two attached hydrogens (primary N) is 1. The molecule has 5 heteroatoms. The van der Waals surface area contributed by atoms with Gasteiger partial charge in [-0.05, 0) is 24.1 Å². The van der Waals surface area contributed by atoms with Gasteiger partial charge in [-0.25, -0.2) is 8.78 Å². The number of amides is 1. The molecule has 1 aliphatic heterocycles. The maximum atomic E-state index is 13.2. The third-order valence-electron chi connectivity index (χ3n) is 3.16. The van der Waals surface area contributed by atoms with Crippen molar-refractivity contribution in [3.05, 3.63) is 35.4 Å². The number of nitrogens with zero attached hydrogens (tertiary/aromatic N) is 1. The van der Waals surface area contributed by atoms with Crippen LogP contribution in [0.15, 0.2) is 18.2 Å². The highest BCUT2D eigenvalue weighted by atomic mass is 19.1. The van der Waals surface area contributed by atoms with Gasteiger partial charge in [0.05, 0.1) is 6.04 Å². The molecule has 0 spiro atoms. The zero-order valence-corrected chi connectivity index (χ0v) is 10.2. The van der Waals surface area contributed by atoms with E-state index in [1.165, 1.54) is 12.1 Å². The van der Waals surface area contributed by atoms with E-state index in [4.69, 9.17) is 5.73 Å². The first-order chi connectivity index (χ1) is 8.52. The van der Waals surface area contributed by atoms with E-state index in [2.05, 4.69) is 0 Å². The largest absolute Gasteiger partial charge is 0.334 e. The number of carbonyl (C=O) groups excluding carboxylic acids is 1. The van der Waals surface area contributed by atoms with E-state index in [1.807, 2.05) is 6.92 Å². The third-order valence-corrected chi connectivity index (χ3v) is 3.16. The predicted molar refractivity (Wildman–Crippen MR) is 63.7 cm³/mol. The molecule has 2 rings (SSSR count). The Morgan fingerprint density at radius 3 is 2.50 bits per heavy atom. The van der Waals surface area contributed by atoms with Crippen LogP contribution in [0.4, 0.5) is 8.78 Å². The van der Waals surface area contributed by atoms with Crippen molar-refractivity contribution in [2.24, 2.45) is 5.73 Å². The molecule has 0 aromatic heterocycles. The van der Waals surface area contributed by atoms with Crippen LogP contribution in [0.3, 0.4) is 0 Å². The van der Waals surface area contributed by atoms with Crippen molar-refractivity contribution in [2.45, 2.75) is 31.8 Å². The Hall–Kier alpha value is -1.49. The summed E-state index contributed by atoms with van der Waals surface area (Å²) in [5, 5.41) is 0. The van der Waals surface area contributed by atoms with Crippen molar-refractivity contribution in [3.8, 4) is 0 Å². The average molecular weight is 254 g/mol. The lowest BCUT2D eigenvalue weighted by molar-refractivity contribution is -0.129. The van der Waals surface area contributed by atoms with Crippen LogP contribution < -0.4 is 5.73 Å². The number of hydrogen-bond acceptors (Lipinski definition) is 2. The molecule has 18 heavy (non-hydrogen) atoms. The zero-order chi connectivity index (χ0) is 13.3. The van der Waals surface area contributed by atoms with Crippen LogP contribution in [0.1, 0.15) is 31.4 Å². The molecule has 0 unspecified atom stereocenters. The first kappa shape index (κ1) is 13.0. The second-order valence-corrected chi connectivity index (χ2v) is 4.60. The molecule has 1 aromatic rings. The number of benzene rings is 1. The van der Waals surface area contributed by atoms with E-state index in [-0.39, 0.29) is 12.3 Å². The number of carbonyl (C=O) groups is 1. The molecular formula is C13H16F2N2O. The summed E-state index contributed by atoms with van der Waals surface area (Å²) >= 11 is 0. The van der Waals surface area contributed by atoms with Crippen molar-refractivity contribution in [1.29, 1.82) is 0 Å². The van der Waals surface area contributed by atoms with Gasteiger partial charge in [0.25, 0.3) is 0 Å². The van der Waals surface area contributed by atoms with Crippen molar-refractivity contribution in [1.82, 2.24) is 4.90 Å². The number of likely N-dealkylation sites (tertiary alicyclic amines) is 1. The fourth-order valence-corrected chi connectivity index (χ4v) is 2.49. The van der Waals surface area contributed by atoms with Crippen LogP contribution >= 0.6 is 0 Å². The Kier molecular flexibility index (Phi) is 3.61. The Balaban J connectivity index is 2.36. The van der Waals surface area contributed by atoms with E-state index in [0.29, 0.717) is 12.1 Å². The van der Waals surface area contributed by atoms with Gasteiger partial charge in [0.15, 0.2) is 0 Å². The monoisotopic (exact) mass is 254 g/mol. The molecular weight excluding hydrogens is 238 g/mol. The first-order valence-electron chi connectivity index (χ1n) is 6.04. The smallest absolute Gasteiger partial charge is 0.224 e. The molecule has 3 nitrogen and oxygen atoms in total. The second-order valence-electron chi connectivity index (χ2n) is 4.60. The van der Waals surface area contributed by atoms with Gasteiger partial charge in [0.1, 0.15) is 11.6 Å². The van der Waals surface area contributed by atoms with Crippen molar-refractivity contribution in [2.75, 3.05) is 6.54 Å². The SMILES string of the molecule is CCCN1C(=O)C[C@H](N)[C@H]1c1cc(F)cc(F)c1. The van der Waals surface area contributed by atoms with Crippen LogP contribution in [-0.4, -0.2) is 23.4 Å². The van der Waals surface area contributed by atoms with Crippen LogP contribution in [0.25, 0.3) is 0 Å². The molecule has 1 aromatic carbocycles. The maximum absolute atomic E-state index is 13.2. The van der Waals surface area contributed by atoms with E-state index in [1.54, 1.807) is 4.90 Å². The lowest BCUT2D eigenvalue weighted by Crippen LogP contribution is -2.33. The van der Waals surface area contributed by atoms with Crippen LogP contribution in [0, 0.1) is 11.6 Å². The Bertz CT molecular complexity index is 444. The maximum Gasteiger partial charge on any atom is 0.224 e. The highest BCUT2D eigenvalue weighted by molar-refractivity contribution is 5.80. The molecule has 1 aliphatic rings. The molecule has 2 N–H and O–H groups in total. The Labute approximate surface area is 105 Å². The lowest BCUT2D eigenvalue weighted by atomic mass is 10.0. The van der Waals surface area contributed by atoms with E-state index in [9.17, 15) is 13.6 Å². The molecule has 0 bridgehead atoms. The summed E-state index contributed by atoms with van der Waals surface area (Å²) in [7, 11) is 0. The summed E-state index contributed by atoms with van der Waals surface area (Å²) in [5.74, 6) is -1.35. The summed E-state index contributed by atoms with van der Waals surface area (Å²) in [6, 6.07) is 2.47. The standard InChI is InChI=1S/C13H16F2N2O/c1-2-3-17-12(18)7-11(16)13(17)8-4-9(14)6-10(15)5-8/h4-6,11,13H,2-3,7,16H2,1H3/t11-,13+/m0/s1. The Morgan fingerprint density at radius 1 is 1.33 bits per heavy atom. The number of hydrogen-bond donors (Lipinski definition) is 1. The lowest BCUT2D eigenvalue weighted by Gasteiger charge is -2.27. The van der Waals surface area contributed by atoms with Crippen LogP contribution in [0.5, 0.6) is 0 Å². The van der Waals surface area contributed by atoms with Gasteiger partial charge in [-0.2, -0.15) is 0 Å². The molecule has 1 heterocycles. The molecule has 98 valence electrons. The van der Waals surface area contributed by atoms with E-state index < -0.39 is 23.7 Å². The number of halogens is 2. The van der Waals surface area contributed by atoms with Gasteiger partial charge in [-0.3, -0.25) is 4.79 Å². The molecule has 0 radical (unpaired) electrons. The normalized spacial score (nSPS) is 23.8. The summed E-state index contributed by atoms with van der Waals surface area (Å²) in [6.07, 6.45) is 1.01. The summed E-state index contributed by atoms with van der Waals surface area (Å²) in [6.45, 7) is 2.50. The highest BCUT2D eigenvalue weighted by Gasteiger charge is 2.38. The Morgan fingerprint density at radius 2 is 1.94 bits per heavy atom. The summed E-state index contributed by atoms with van der Waals surface area (Å²) in [5.41, 5.74) is 6.34. The van der Waals surface area contributed by atoms with E-state index >= 15 is 0 Å². The summed E-state index contributed by atoms with van der Waals surface area (Å²) < 4.78 is 26.5. The third kappa shape index (κ3) is 2.36. The van der Waals surface area contributed by atoms with Gasteiger partial charge >= 0.3 is 0 Å². The minimum absolute atomic E-state index is 0.0565. The topological polar surface area (TPSA) is 46.3 Å². The van der Waals surface area contributed by atoms with Crippen molar-refractivity contribution >= 4 is 5.91 Å². The molecule has 1 saturated heterocycles. The summed E-state index contributed by atoms with van der Waals surface area (Å²) in [4.78, 5) is 13.4. The fraction of sp³-hybridized carbons (Fsp3) is 0.462. The molecule has 0 aliphatic carbocycles. The van der Waals surface area contributed by atoms with Gasteiger partial charge < -0.3 is 10.6 Å². The minimum atomic E-state index is -0.645. The molecule has 0 saturated carbocycles. The zero-order valence-electron chi connectivity index (χ0n) is 10.2. The molecule has 1 fully saturated rings. The molecule has 1 amide bonds. The second kappa shape index (κ2) is 5.02. The van der Waals surface area contributed by atoms with Gasteiger partial charge in [0, 0.05) is 25.1 Å². The van der Waals surface area contributed by atoms with Gasteiger partial charge in [0.2, 0.25) is 5.91 Å². The van der Waals surface area contributed by atoms with Crippen molar-refractivity contribution in [3.63, 3.8) is 0 Å². The first-order valence-corrected chi connectivity index (χ1v) is 6.04. The number of rotatable bonds is 3. The van der Waals surface area contributed by atoms with Gasteiger partial charge in [-0.1, -0.05) is 6.92 Å². The fourth-order valence-electron chi connectivity index (χ4n) is 2.49. The van der Waals surface area contributed by atoms with Crippen LogP contribution in [-0.2, 0) is 4.79 Å². The van der Waals surface area contributed by atoms with Crippen molar-refractivity contribution < 1.29 is 13.6 Å². The average Bonchev–Trinajstić information content (AvgIpc) is 2.53. The van der Waals surface area contributed by atoms with E-state index in [0.717, 1.165) is 12.5 Å². The van der Waals surface area contributed by atoms with Crippen LogP contribution in [0.2, 0.25) is 0 Å². The quantitative estimate of drug-likeness (QED) is 0.896. The minimum Gasteiger partial charge on any atom is -0.334 e. The highest BCUT2D eigenvalue weighted by Crippen LogP contribution is 2.32. The van der Waals surface area contributed by atoms with Gasteiger partial charge in [-0.15, -0.1) is 0 Å². The predicted octanol–water partition coefficient (Wildman–Crippen LogP) is 1.98.